The van der Waals surface area contributed by atoms with Crippen LogP contribution in [0.4, 0.5) is 0 Å². The van der Waals surface area contributed by atoms with Crippen molar-refractivity contribution in [3.63, 3.8) is 0 Å². The average molecular weight is 259 g/mol. The molecule has 5 heteroatoms. The van der Waals surface area contributed by atoms with Gasteiger partial charge in [0.2, 0.25) is 0 Å². The number of hydrogen-bond donors (Lipinski definition) is 2. The largest absolute Gasteiger partial charge is 0.478 e. The first-order valence-corrected chi connectivity index (χ1v) is 6.33. The third kappa shape index (κ3) is 10.3. The van der Waals surface area contributed by atoms with Crippen molar-refractivity contribution in [2.75, 3.05) is 40.5 Å². The molecule has 0 fully saturated rings. The van der Waals surface area contributed by atoms with Crippen molar-refractivity contribution in [1.29, 1.82) is 0 Å². The van der Waals surface area contributed by atoms with Crippen LogP contribution in [0.15, 0.2) is 11.6 Å². The van der Waals surface area contributed by atoms with E-state index in [9.17, 15) is 4.79 Å². The van der Waals surface area contributed by atoms with E-state index in [4.69, 9.17) is 14.6 Å². The third-order valence-electron chi connectivity index (χ3n) is 2.53. The Balaban J connectivity index is 0.000000321. The first-order chi connectivity index (χ1) is 8.72. The Morgan fingerprint density at radius 3 is 2.22 bits per heavy atom. The third-order valence-corrected chi connectivity index (χ3v) is 2.53. The molecule has 2 N–H and O–H groups in total. The molecule has 0 amide bonds. The van der Waals surface area contributed by atoms with Gasteiger partial charge in [0.05, 0.1) is 13.2 Å². The van der Waals surface area contributed by atoms with Gasteiger partial charge < -0.3 is 19.9 Å². The second kappa shape index (κ2) is 12.5. The minimum absolute atomic E-state index is 0.598. The number of ether oxygens (including phenoxy) is 2. The molecular weight excluding hydrogens is 234 g/mol. The van der Waals surface area contributed by atoms with Gasteiger partial charge in [-0.15, -0.1) is 0 Å². The van der Waals surface area contributed by atoms with E-state index in [1.165, 1.54) is 0 Å². The van der Waals surface area contributed by atoms with Gasteiger partial charge in [-0.1, -0.05) is 6.08 Å². The summed E-state index contributed by atoms with van der Waals surface area (Å²) in [6.07, 6.45) is 5.72. The Morgan fingerprint density at radius 1 is 1.28 bits per heavy atom. The number of nitrogens with one attached hydrogen (secondary N) is 1. The highest BCUT2D eigenvalue weighted by Gasteiger charge is 2.08. The van der Waals surface area contributed by atoms with Gasteiger partial charge >= 0.3 is 5.97 Å². The van der Waals surface area contributed by atoms with Crippen molar-refractivity contribution < 1.29 is 19.4 Å². The van der Waals surface area contributed by atoms with E-state index < -0.39 is 5.97 Å². The van der Waals surface area contributed by atoms with E-state index in [0.29, 0.717) is 5.57 Å². The van der Waals surface area contributed by atoms with E-state index >= 15 is 0 Å². The maximum absolute atomic E-state index is 10.3. The molecule has 0 aromatic rings. The summed E-state index contributed by atoms with van der Waals surface area (Å²) in [5, 5.41) is 11.6. The van der Waals surface area contributed by atoms with Crippen LogP contribution < -0.4 is 5.32 Å². The van der Waals surface area contributed by atoms with Crippen LogP contribution in [0.25, 0.3) is 0 Å². The maximum atomic E-state index is 10.3. The highest BCUT2D eigenvalue weighted by atomic mass is 16.5. The van der Waals surface area contributed by atoms with E-state index in [-0.39, 0.29) is 0 Å². The van der Waals surface area contributed by atoms with Crippen LogP contribution in [0.5, 0.6) is 0 Å². The molecule has 1 rings (SSSR count). The zero-order valence-electron chi connectivity index (χ0n) is 11.4. The van der Waals surface area contributed by atoms with Gasteiger partial charge in [0.25, 0.3) is 0 Å². The lowest BCUT2D eigenvalue weighted by Crippen LogP contribution is -2.23. The molecule has 1 aliphatic carbocycles. The Bertz CT molecular complexity index is 235. The van der Waals surface area contributed by atoms with Gasteiger partial charge in [-0.05, 0) is 25.7 Å². The summed E-state index contributed by atoms with van der Waals surface area (Å²) in [6, 6.07) is 0. The summed E-state index contributed by atoms with van der Waals surface area (Å²) in [7, 11) is 3.38. The number of aliphatic carboxylic acids is 1. The number of allylic oxidation sites excluding steroid dienone is 1. The number of methoxy groups -OCH3 is 2. The van der Waals surface area contributed by atoms with Crippen molar-refractivity contribution in [2.45, 2.75) is 25.7 Å². The monoisotopic (exact) mass is 259 g/mol. The Morgan fingerprint density at radius 2 is 1.89 bits per heavy atom. The zero-order chi connectivity index (χ0) is 13.6. The Hall–Kier alpha value is -0.910. The lowest BCUT2D eigenvalue weighted by molar-refractivity contribution is -0.132. The van der Waals surface area contributed by atoms with Crippen molar-refractivity contribution >= 4 is 5.97 Å². The highest BCUT2D eigenvalue weighted by Crippen LogP contribution is 2.16. The summed E-state index contributed by atoms with van der Waals surface area (Å²) in [5.41, 5.74) is 0.598. The van der Waals surface area contributed by atoms with E-state index in [0.717, 1.165) is 52.0 Å². The smallest absolute Gasteiger partial charge is 0.331 e. The summed E-state index contributed by atoms with van der Waals surface area (Å²) in [4.78, 5) is 10.3. The predicted octanol–water partition coefficient (Wildman–Crippen LogP) is 1.44. The molecule has 18 heavy (non-hydrogen) atoms. The number of carbonyl (C=O) groups is 1. The fourth-order valence-corrected chi connectivity index (χ4v) is 1.51. The van der Waals surface area contributed by atoms with Crippen molar-refractivity contribution in [2.24, 2.45) is 0 Å². The van der Waals surface area contributed by atoms with Gasteiger partial charge in [-0.25, -0.2) is 4.79 Å². The Kier molecular flexibility index (Phi) is 11.9. The zero-order valence-corrected chi connectivity index (χ0v) is 11.4. The van der Waals surface area contributed by atoms with Crippen LogP contribution in [0.2, 0.25) is 0 Å². The molecule has 106 valence electrons. The number of hydrogen-bond acceptors (Lipinski definition) is 4. The van der Waals surface area contributed by atoms with Gasteiger partial charge in [0.1, 0.15) is 0 Å². The van der Waals surface area contributed by atoms with Crippen LogP contribution >= 0.6 is 0 Å². The molecule has 0 heterocycles. The van der Waals surface area contributed by atoms with E-state index in [1.54, 1.807) is 14.2 Å². The molecule has 0 spiro atoms. The van der Waals surface area contributed by atoms with Gasteiger partial charge in [0.15, 0.2) is 0 Å². The molecule has 0 aromatic carbocycles. The van der Waals surface area contributed by atoms with Gasteiger partial charge in [-0.2, -0.15) is 0 Å². The maximum Gasteiger partial charge on any atom is 0.331 e. The molecule has 0 atom stereocenters. The molecule has 1 aliphatic rings. The van der Waals surface area contributed by atoms with E-state index in [1.807, 2.05) is 6.08 Å². The second-order valence-corrected chi connectivity index (χ2v) is 4.02. The molecule has 0 radical (unpaired) electrons. The summed E-state index contributed by atoms with van der Waals surface area (Å²) in [5.74, 6) is -0.741. The number of carboxylic acid groups (broad SMARTS) is 1. The summed E-state index contributed by atoms with van der Waals surface area (Å²) < 4.78 is 9.64. The summed E-state index contributed by atoms with van der Waals surface area (Å²) in [6.45, 7) is 3.34. The van der Waals surface area contributed by atoms with Crippen molar-refractivity contribution in [1.82, 2.24) is 5.32 Å². The summed E-state index contributed by atoms with van der Waals surface area (Å²) >= 11 is 0. The minimum Gasteiger partial charge on any atom is -0.478 e. The molecule has 0 aliphatic heterocycles. The van der Waals surface area contributed by atoms with Crippen LogP contribution in [0.3, 0.4) is 0 Å². The predicted molar refractivity (Wildman–Crippen MR) is 70.8 cm³/mol. The molecule has 0 unspecified atom stereocenters. The first kappa shape index (κ1) is 17.1. The van der Waals surface area contributed by atoms with Crippen molar-refractivity contribution in [3.8, 4) is 0 Å². The Labute approximate surface area is 109 Å². The molecule has 0 saturated carbocycles. The lowest BCUT2D eigenvalue weighted by atomic mass is 10.0. The quantitative estimate of drug-likeness (QED) is 0.677. The fourth-order valence-electron chi connectivity index (χ4n) is 1.51. The standard InChI is InChI=1S/C7H10O2.C6H15NO2/c8-7(9)6-4-2-1-3-5-6;1-8-5-3-7-4-6-9-2/h4H,1-3,5H2,(H,8,9);7H,3-6H2,1-2H3. The average Bonchev–Trinajstić information content (AvgIpc) is 2.40. The number of carboxylic acids is 1. The minimum atomic E-state index is -0.741. The van der Waals surface area contributed by atoms with Gasteiger partial charge in [-0.3, -0.25) is 0 Å². The normalized spacial score (nSPS) is 14.4. The topological polar surface area (TPSA) is 67.8 Å². The van der Waals surface area contributed by atoms with Crippen LogP contribution in [0, 0.1) is 0 Å². The van der Waals surface area contributed by atoms with Crippen molar-refractivity contribution in [3.05, 3.63) is 11.6 Å². The molecule has 0 bridgehead atoms. The second-order valence-electron chi connectivity index (χ2n) is 4.02. The molecule has 0 aromatic heterocycles. The molecular formula is C13H25NO4. The molecule has 5 nitrogen and oxygen atoms in total. The lowest BCUT2D eigenvalue weighted by Gasteiger charge is -2.06. The van der Waals surface area contributed by atoms with Crippen LogP contribution in [0.1, 0.15) is 25.7 Å². The molecule has 0 saturated heterocycles. The van der Waals surface area contributed by atoms with E-state index in [2.05, 4.69) is 5.32 Å². The fraction of sp³-hybridized carbons (Fsp3) is 0.769. The van der Waals surface area contributed by atoms with Gasteiger partial charge in [0, 0.05) is 32.9 Å². The first-order valence-electron chi connectivity index (χ1n) is 6.33. The SMILES string of the molecule is COCCNCCOC.O=C(O)C1=CCCCC1. The van der Waals surface area contributed by atoms with Crippen LogP contribution in [-0.4, -0.2) is 51.6 Å². The number of rotatable bonds is 7. The van der Waals surface area contributed by atoms with Crippen LogP contribution in [-0.2, 0) is 14.3 Å². The highest BCUT2D eigenvalue weighted by molar-refractivity contribution is 5.86.